The van der Waals surface area contributed by atoms with E-state index in [0.717, 1.165) is 22.5 Å². The van der Waals surface area contributed by atoms with Crippen LogP contribution in [0.25, 0.3) is 0 Å². The van der Waals surface area contributed by atoms with Crippen molar-refractivity contribution in [3.63, 3.8) is 0 Å². The van der Waals surface area contributed by atoms with E-state index in [1.165, 1.54) is 18.5 Å². The summed E-state index contributed by atoms with van der Waals surface area (Å²) in [6, 6.07) is 6.36. The summed E-state index contributed by atoms with van der Waals surface area (Å²) < 4.78 is 0.984. The first kappa shape index (κ1) is 14.2. The summed E-state index contributed by atoms with van der Waals surface area (Å²) in [4.78, 5) is 2.42. The summed E-state index contributed by atoms with van der Waals surface area (Å²) in [5.41, 5.74) is 7.50. The SMILES string of the molecule is CC1CCN(c2ccc(/C(N)=N/O)cc2Br)C(C)C1. The highest BCUT2D eigenvalue weighted by Gasteiger charge is 2.24. The number of amidine groups is 1. The van der Waals surface area contributed by atoms with Crippen LogP contribution in [-0.4, -0.2) is 23.6 Å². The van der Waals surface area contributed by atoms with Crippen molar-refractivity contribution >= 4 is 27.5 Å². The van der Waals surface area contributed by atoms with Crippen molar-refractivity contribution in [1.29, 1.82) is 0 Å². The normalized spacial score (nSPS) is 24.6. The lowest BCUT2D eigenvalue weighted by Crippen LogP contribution is -2.40. The van der Waals surface area contributed by atoms with Gasteiger partial charge in [0.2, 0.25) is 0 Å². The quantitative estimate of drug-likeness (QED) is 0.380. The van der Waals surface area contributed by atoms with E-state index in [2.05, 4.69) is 39.8 Å². The molecule has 5 heteroatoms. The Bertz CT molecular complexity index is 490. The van der Waals surface area contributed by atoms with Crippen LogP contribution in [0.2, 0.25) is 0 Å². The van der Waals surface area contributed by atoms with Crippen molar-refractivity contribution in [3.05, 3.63) is 28.2 Å². The largest absolute Gasteiger partial charge is 0.409 e. The molecule has 0 saturated carbocycles. The Labute approximate surface area is 122 Å². The molecule has 1 aromatic rings. The second-order valence-electron chi connectivity index (χ2n) is 5.32. The number of piperidine rings is 1. The minimum absolute atomic E-state index is 0.132. The minimum atomic E-state index is 0.132. The molecule has 0 radical (unpaired) electrons. The molecule has 0 spiro atoms. The first-order valence-corrected chi connectivity index (χ1v) is 7.36. The van der Waals surface area contributed by atoms with Crippen LogP contribution in [-0.2, 0) is 0 Å². The Balaban J connectivity index is 2.26. The molecule has 4 nitrogen and oxygen atoms in total. The predicted molar refractivity (Wildman–Crippen MR) is 81.9 cm³/mol. The molecular formula is C14H20BrN3O. The highest BCUT2D eigenvalue weighted by atomic mass is 79.9. The minimum Gasteiger partial charge on any atom is -0.409 e. The van der Waals surface area contributed by atoms with Gasteiger partial charge in [-0.15, -0.1) is 0 Å². The molecule has 1 aromatic carbocycles. The van der Waals surface area contributed by atoms with Crippen LogP contribution in [0.15, 0.2) is 27.8 Å². The van der Waals surface area contributed by atoms with Crippen molar-refractivity contribution in [2.75, 3.05) is 11.4 Å². The second-order valence-corrected chi connectivity index (χ2v) is 6.18. The zero-order chi connectivity index (χ0) is 14.0. The first-order chi connectivity index (χ1) is 9.02. The van der Waals surface area contributed by atoms with Crippen LogP contribution < -0.4 is 10.6 Å². The molecule has 2 unspecified atom stereocenters. The lowest BCUT2D eigenvalue weighted by molar-refractivity contribution is 0.318. The molecule has 3 N–H and O–H groups in total. The van der Waals surface area contributed by atoms with Crippen LogP contribution in [0.5, 0.6) is 0 Å². The third kappa shape index (κ3) is 3.03. The number of nitrogens with two attached hydrogens (primary N) is 1. The fraction of sp³-hybridized carbons (Fsp3) is 0.500. The number of oxime groups is 1. The number of hydrogen-bond donors (Lipinski definition) is 2. The number of benzene rings is 1. The van der Waals surface area contributed by atoms with Gasteiger partial charge < -0.3 is 15.8 Å². The molecule has 1 aliphatic rings. The zero-order valence-electron chi connectivity index (χ0n) is 11.3. The monoisotopic (exact) mass is 325 g/mol. The van der Waals surface area contributed by atoms with Crippen molar-refractivity contribution in [2.24, 2.45) is 16.8 Å². The maximum atomic E-state index is 8.71. The van der Waals surface area contributed by atoms with E-state index in [-0.39, 0.29) is 5.84 Å². The van der Waals surface area contributed by atoms with Crippen LogP contribution in [0.1, 0.15) is 32.3 Å². The number of rotatable bonds is 2. The molecule has 1 saturated heterocycles. The molecular weight excluding hydrogens is 306 g/mol. The Hall–Kier alpha value is -1.23. The van der Waals surface area contributed by atoms with Crippen molar-refractivity contribution in [1.82, 2.24) is 0 Å². The summed E-state index contributed by atoms with van der Waals surface area (Å²) in [5.74, 6) is 0.925. The van der Waals surface area contributed by atoms with Crippen LogP contribution >= 0.6 is 15.9 Å². The third-order valence-corrected chi connectivity index (χ3v) is 4.43. The molecule has 1 heterocycles. The van der Waals surface area contributed by atoms with Gasteiger partial charge in [0.1, 0.15) is 0 Å². The van der Waals surface area contributed by atoms with E-state index in [9.17, 15) is 0 Å². The highest BCUT2D eigenvalue weighted by Crippen LogP contribution is 2.33. The molecule has 0 aliphatic carbocycles. The van der Waals surface area contributed by atoms with Gasteiger partial charge in [-0.3, -0.25) is 0 Å². The fourth-order valence-electron chi connectivity index (χ4n) is 2.72. The predicted octanol–water partition coefficient (Wildman–Crippen LogP) is 3.17. The van der Waals surface area contributed by atoms with E-state index < -0.39 is 0 Å². The number of nitrogens with zero attached hydrogens (tertiary/aromatic N) is 2. The van der Waals surface area contributed by atoms with Gasteiger partial charge in [-0.05, 0) is 59.8 Å². The van der Waals surface area contributed by atoms with Crippen molar-refractivity contribution < 1.29 is 5.21 Å². The zero-order valence-corrected chi connectivity index (χ0v) is 12.9. The second kappa shape index (κ2) is 5.82. The number of anilines is 1. The molecule has 2 atom stereocenters. The average Bonchev–Trinajstić information content (AvgIpc) is 2.38. The van der Waals surface area contributed by atoms with E-state index >= 15 is 0 Å². The maximum absolute atomic E-state index is 8.71. The van der Waals surface area contributed by atoms with E-state index in [1.54, 1.807) is 0 Å². The highest BCUT2D eigenvalue weighted by molar-refractivity contribution is 9.10. The van der Waals surface area contributed by atoms with Gasteiger partial charge in [-0.25, -0.2) is 0 Å². The molecule has 0 bridgehead atoms. The summed E-state index contributed by atoms with van der Waals surface area (Å²) in [6.45, 7) is 5.65. The molecule has 2 rings (SSSR count). The number of hydrogen-bond acceptors (Lipinski definition) is 3. The molecule has 1 fully saturated rings. The van der Waals surface area contributed by atoms with Crippen LogP contribution in [0.3, 0.4) is 0 Å². The molecule has 0 aromatic heterocycles. The van der Waals surface area contributed by atoms with Crippen molar-refractivity contribution in [3.8, 4) is 0 Å². The van der Waals surface area contributed by atoms with Gasteiger partial charge >= 0.3 is 0 Å². The fourth-order valence-corrected chi connectivity index (χ4v) is 3.33. The average molecular weight is 326 g/mol. The first-order valence-electron chi connectivity index (χ1n) is 6.57. The Kier molecular flexibility index (Phi) is 4.34. The van der Waals surface area contributed by atoms with Gasteiger partial charge in [0, 0.05) is 22.6 Å². The topological polar surface area (TPSA) is 61.8 Å². The van der Waals surface area contributed by atoms with E-state index in [4.69, 9.17) is 10.9 Å². The van der Waals surface area contributed by atoms with Crippen LogP contribution in [0, 0.1) is 5.92 Å². The van der Waals surface area contributed by atoms with Gasteiger partial charge in [-0.1, -0.05) is 12.1 Å². The van der Waals surface area contributed by atoms with Gasteiger partial charge in [-0.2, -0.15) is 0 Å². The molecule has 1 aliphatic heterocycles. The Morgan fingerprint density at radius 1 is 1.47 bits per heavy atom. The number of halogens is 1. The lowest BCUT2D eigenvalue weighted by Gasteiger charge is -2.38. The smallest absolute Gasteiger partial charge is 0.170 e. The summed E-state index contributed by atoms with van der Waals surface area (Å²) in [7, 11) is 0. The third-order valence-electron chi connectivity index (χ3n) is 3.80. The van der Waals surface area contributed by atoms with Gasteiger partial charge in [0.05, 0.1) is 5.69 Å². The summed E-state index contributed by atoms with van der Waals surface area (Å²) >= 11 is 3.59. The van der Waals surface area contributed by atoms with E-state index in [0.29, 0.717) is 6.04 Å². The van der Waals surface area contributed by atoms with Gasteiger partial charge in [0.15, 0.2) is 5.84 Å². The summed E-state index contributed by atoms with van der Waals surface area (Å²) in [6.07, 6.45) is 2.44. The molecule has 19 heavy (non-hydrogen) atoms. The van der Waals surface area contributed by atoms with Crippen molar-refractivity contribution in [2.45, 2.75) is 32.7 Å². The standard InChI is InChI=1S/C14H20BrN3O/c1-9-5-6-18(10(2)7-9)13-4-3-11(8-12(13)15)14(16)17-19/h3-4,8-10,19H,5-7H2,1-2H3,(H2,16,17). The van der Waals surface area contributed by atoms with Gasteiger partial charge in [0.25, 0.3) is 0 Å². The maximum Gasteiger partial charge on any atom is 0.170 e. The molecule has 0 amide bonds. The Morgan fingerprint density at radius 3 is 2.79 bits per heavy atom. The lowest BCUT2D eigenvalue weighted by atomic mass is 9.93. The molecule has 104 valence electrons. The van der Waals surface area contributed by atoms with Crippen LogP contribution in [0.4, 0.5) is 5.69 Å². The van der Waals surface area contributed by atoms with E-state index in [1.807, 2.05) is 18.2 Å². The Morgan fingerprint density at radius 2 is 2.21 bits per heavy atom. The summed E-state index contributed by atoms with van der Waals surface area (Å²) in [5, 5.41) is 11.7.